The van der Waals surface area contributed by atoms with Gasteiger partial charge in [-0.05, 0) is 61.0 Å². The molecule has 4 heteroatoms. The fourth-order valence-corrected chi connectivity index (χ4v) is 3.60. The number of hydrogen-bond acceptors (Lipinski definition) is 2. The average molecular weight is 401 g/mol. The molecule has 0 unspecified atom stereocenters. The molecule has 0 aliphatic rings. The first kappa shape index (κ1) is 15.1. The summed E-state index contributed by atoms with van der Waals surface area (Å²) in [6.07, 6.45) is 1.82. The summed E-state index contributed by atoms with van der Waals surface area (Å²) >= 11 is 8.61. The van der Waals surface area contributed by atoms with Crippen LogP contribution in [0.15, 0.2) is 55.4 Å². The molecular weight excluding hydrogens is 386 g/mol. The molecule has 1 heterocycles. The maximum atomic E-state index is 4.41. The van der Waals surface area contributed by atoms with E-state index in [4.69, 9.17) is 0 Å². The van der Waals surface area contributed by atoms with Crippen molar-refractivity contribution in [3.05, 3.63) is 51.0 Å². The normalized spacial score (nSPS) is 11.6. The summed E-state index contributed by atoms with van der Waals surface area (Å²) < 4.78 is 1.98. The first-order chi connectivity index (χ1) is 8.86. The molecule has 2 aromatic rings. The van der Waals surface area contributed by atoms with Crippen LogP contribution in [-0.2, 0) is 5.41 Å². The van der Waals surface area contributed by atoms with Crippen molar-refractivity contribution < 1.29 is 0 Å². The zero-order valence-electron chi connectivity index (χ0n) is 11.1. The van der Waals surface area contributed by atoms with Crippen LogP contribution in [0.3, 0.4) is 0 Å². The summed E-state index contributed by atoms with van der Waals surface area (Å²) in [7, 11) is 0. The molecule has 1 nitrogen and oxygen atoms in total. The molecule has 0 spiro atoms. The predicted octanol–water partition coefficient (Wildman–Crippen LogP) is 6.06. The smallest absolute Gasteiger partial charge is 0.115 e. The van der Waals surface area contributed by atoms with Crippen LogP contribution in [0, 0.1) is 0 Å². The maximum Gasteiger partial charge on any atom is 0.115 e. The van der Waals surface area contributed by atoms with Gasteiger partial charge in [-0.15, -0.1) is 0 Å². The molecular formula is C15H15Br2NS. The van der Waals surface area contributed by atoms with Crippen molar-refractivity contribution >= 4 is 43.6 Å². The Morgan fingerprint density at radius 1 is 1.05 bits per heavy atom. The van der Waals surface area contributed by atoms with Gasteiger partial charge in [-0.25, -0.2) is 4.98 Å². The fraction of sp³-hybridized carbons (Fsp3) is 0.267. The average Bonchev–Trinajstić information content (AvgIpc) is 2.32. The first-order valence-corrected chi connectivity index (χ1v) is 8.36. The summed E-state index contributed by atoms with van der Waals surface area (Å²) in [6.45, 7) is 6.67. The molecule has 0 aliphatic carbocycles. The third-order valence-corrected chi connectivity index (χ3v) is 5.04. The molecule has 0 N–H and O–H groups in total. The number of halogens is 2. The van der Waals surface area contributed by atoms with Gasteiger partial charge in [-0.3, -0.25) is 0 Å². The molecule has 1 aromatic heterocycles. The van der Waals surface area contributed by atoms with E-state index in [2.05, 4.69) is 81.9 Å². The SMILES string of the molecule is CC(C)(C)c1ccc(Sc2ncc(Br)cc2Br)cc1. The Kier molecular flexibility index (Phi) is 4.75. The van der Waals surface area contributed by atoms with Gasteiger partial charge >= 0.3 is 0 Å². The lowest BCUT2D eigenvalue weighted by Crippen LogP contribution is -2.10. The lowest BCUT2D eigenvalue weighted by Gasteiger charge is -2.19. The third-order valence-electron chi connectivity index (χ3n) is 2.71. The quantitative estimate of drug-likeness (QED) is 0.607. The summed E-state index contributed by atoms with van der Waals surface area (Å²) in [4.78, 5) is 5.61. The molecule has 0 saturated carbocycles. The standard InChI is InChI=1S/C15H15Br2NS/c1-15(2,3)10-4-6-12(7-5-10)19-14-13(17)8-11(16)9-18-14/h4-9H,1-3H3. The number of pyridine rings is 1. The molecule has 0 bridgehead atoms. The number of hydrogen-bond donors (Lipinski definition) is 0. The van der Waals surface area contributed by atoms with E-state index in [-0.39, 0.29) is 5.41 Å². The van der Waals surface area contributed by atoms with Crippen LogP contribution in [0.5, 0.6) is 0 Å². The molecule has 0 atom stereocenters. The highest BCUT2D eigenvalue weighted by Gasteiger charge is 2.13. The second kappa shape index (κ2) is 5.98. The zero-order chi connectivity index (χ0) is 14.0. The van der Waals surface area contributed by atoms with Gasteiger partial charge < -0.3 is 0 Å². The van der Waals surface area contributed by atoms with E-state index in [0.717, 1.165) is 14.0 Å². The monoisotopic (exact) mass is 399 g/mol. The summed E-state index contributed by atoms with van der Waals surface area (Å²) in [6, 6.07) is 10.7. The molecule has 2 rings (SSSR count). The molecule has 100 valence electrons. The molecule has 0 saturated heterocycles. The summed E-state index contributed by atoms with van der Waals surface area (Å²) in [5, 5.41) is 0.978. The van der Waals surface area contributed by atoms with E-state index in [1.54, 1.807) is 11.8 Å². The molecule has 1 aromatic carbocycles. The first-order valence-electron chi connectivity index (χ1n) is 5.96. The Morgan fingerprint density at radius 2 is 1.68 bits per heavy atom. The Bertz CT molecular complexity index is 574. The van der Waals surface area contributed by atoms with Crippen molar-refractivity contribution in [2.75, 3.05) is 0 Å². The van der Waals surface area contributed by atoms with E-state index in [9.17, 15) is 0 Å². The lowest BCUT2D eigenvalue weighted by molar-refractivity contribution is 0.590. The molecule has 0 aliphatic heterocycles. The van der Waals surface area contributed by atoms with E-state index in [0.29, 0.717) is 0 Å². The van der Waals surface area contributed by atoms with Gasteiger partial charge in [0.25, 0.3) is 0 Å². The molecule has 0 radical (unpaired) electrons. The fourth-order valence-electron chi connectivity index (χ4n) is 1.61. The Balaban J connectivity index is 2.20. The van der Waals surface area contributed by atoms with Crippen LogP contribution in [0.2, 0.25) is 0 Å². The van der Waals surface area contributed by atoms with Crippen molar-refractivity contribution in [3.8, 4) is 0 Å². The molecule has 0 amide bonds. The highest BCUT2D eigenvalue weighted by Crippen LogP contribution is 2.34. The van der Waals surface area contributed by atoms with E-state index < -0.39 is 0 Å². The van der Waals surface area contributed by atoms with Gasteiger partial charge in [0.15, 0.2) is 0 Å². The van der Waals surface area contributed by atoms with Crippen LogP contribution in [0.4, 0.5) is 0 Å². The van der Waals surface area contributed by atoms with Gasteiger partial charge in [-0.2, -0.15) is 0 Å². The van der Waals surface area contributed by atoms with Crippen LogP contribution in [0.1, 0.15) is 26.3 Å². The van der Waals surface area contributed by atoms with Gasteiger partial charge in [0.1, 0.15) is 5.03 Å². The minimum atomic E-state index is 0.194. The largest absolute Gasteiger partial charge is 0.247 e. The van der Waals surface area contributed by atoms with E-state index >= 15 is 0 Å². The third kappa shape index (κ3) is 4.07. The second-order valence-corrected chi connectivity index (χ2v) is 8.15. The number of benzene rings is 1. The topological polar surface area (TPSA) is 12.9 Å². The Morgan fingerprint density at radius 3 is 2.21 bits per heavy atom. The number of aromatic nitrogens is 1. The van der Waals surface area contributed by atoms with Gasteiger partial charge in [-0.1, -0.05) is 44.7 Å². The van der Waals surface area contributed by atoms with Crippen LogP contribution in [-0.4, -0.2) is 4.98 Å². The van der Waals surface area contributed by atoms with Crippen LogP contribution < -0.4 is 0 Å². The number of rotatable bonds is 2. The number of nitrogens with zero attached hydrogens (tertiary/aromatic N) is 1. The van der Waals surface area contributed by atoms with Crippen molar-refractivity contribution in [2.45, 2.75) is 36.1 Å². The minimum absolute atomic E-state index is 0.194. The minimum Gasteiger partial charge on any atom is -0.247 e. The van der Waals surface area contributed by atoms with Crippen molar-refractivity contribution in [2.24, 2.45) is 0 Å². The van der Waals surface area contributed by atoms with Gasteiger partial charge in [0, 0.05) is 15.6 Å². The van der Waals surface area contributed by atoms with Crippen LogP contribution >= 0.6 is 43.6 Å². The van der Waals surface area contributed by atoms with E-state index in [1.807, 2.05) is 12.3 Å². The maximum absolute atomic E-state index is 4.41. The van der Waals surface area contributed by atoms with E-state index in [1.165, 1.54) is 10.5 Å². The summed E-state index contributed by atoms with van der Waals surface area (Å²) in [5.41, 5.74) is 1.54. The highest BCUT2D eigenvalue weighted by molar-refractivity contribution is 9.11. The molecule has 19 heavy (non-hydrogen) atoms. The zero-order valence-corrected chi connectivity index (χ0v) is 15.1. The van der Waals surface area contributed by atoms with Crippen molar-refractivity contribution in [3.63, 3.8) is 0 Å². The lowest BCUT2D eigenvalue weighted by atomic mass is 9.87. The predicted molar refractivity (Wildman–Crippen MR) is 88.9 cm³/mol. The van der Waals surface area contributed by atoms with Crippen molar-refractivity contribution in [1.82, 2.24) is 4.98 Å². The second-order valence-electron chi connectivity index (χ2n) is 5.32. The van der Waals surface area contributed by atoms with Gasteiger partial charge in [0.2, 0.25) is 0 Å². The highest BCUT2D eigenvalue weighted by atomic mass is 79.9. The van der Waals surface area contributed by atoms with Crippen molar-refractivity contribution in [1.29, 1.82) is 0 Å². The summed E-state index contributed by atoms with van der Waals surface area (Å²) in [5.74, 6) is 0. The molecule has 0 fully saturated rings. The Labute approximate surface area is 135 Å². The Hall–Kier alpha value is -0.320. The van der Waals surface area contributed by atoms with Gasteiger partial charge in [0.05, 0.1) is 4.47 Å². The van der Waals surface area contributed by atoms with Crippen LogP contribution in [0.25, 0.3) is 0 Å².